The molecule has 0 aromatic carbocycles. The van der Waals surface area contributed by atoms with Gasteiger partial charge in [-0.2, -0.15) is 0 Å². The number of aryl methyl sites for hydroxylation is 2. The summed E-state index contributed by atoms with van der Waals surface area (Å²) >= 11 is 0. The molecule has 0 aliphatic carbocycles. The fraction of sp³-hybridized carbons (Fsp3) is 0.545. The number of hydrogen-bond donors (Lipinski definition) is 0. The Bertz CT molecular complexity index is 366. The topological polar surface area (TPSA) is 25.2 Å². The number of hydrogen-bond acceptors (Lipinski definition) is 2. The van der Waals surface area contributed by atoms with Gasteiger partial charge in [0, 0.05) is 25.4 Å². The van der Waals surface area contributed by atoms with E-state index in [1.54, 1.807) is 10.6 Å². The van der Waals surface area contributed by atoms with Gasteiger partial charge in [0.2, 0.25) is 0 Å². The molecule has 3 nitrogen and oxygen atoms in total. The van der Waals surface area contributed by atoms with Crippen LogP contribution in [0.1, 0.15) is 18.1 Å². The van der Waals surface area contributed by atoms with E-state index in [1.807, 2.05) is 34.1 Å². The molecule has 0 aliphatic rings. The summed E-state index contributed by atoms with van der Waals surface area (Å²) < 4.78 is 1.74. The number of nitrogens with zero attached hydrogens (tertiary/aromatic N) is 2. The minimum atomic E-state index is 0.0903. The second kappa shape index (κ2) is 4.42. The van der Waals surface area contributed by atoms with Crippen molar-refractivity contribution in [3.8, 4) is 0 Å². The van der Waals surface area contributed by atoms with Gasteiger partial charge in [0.1, 0.15) is 0 Å². The highest BCUT2D eigenvalue weighted by atomic mass is 16.1. The van der Waals surface area contributed by atoms with E-state index in [0.29, 0.717) is 0 Å². The van der Waals surface area contributed by atoms with Crippen molar-refractivity contribution in [1.29, 1.82) is 0 Å². The summed E-state index contributed by atoms with van der Waals surface area (Å²) in [5.41, 5.74) is 2.39. The molecule has 0 amide bonds. The molecule has 78 valence electrons. The van der Waals surface area contributed by atoms with E-state index in [-0.39, 0.29) is 5.56 Å². The highest BCUT2D eigenvalue weighted by Crippen LogP contribution is 2.06. The Morgan fingerprint density at radius 3 is 2.57 bits per heavy atom. The molecule has 0 saturated heterocycles. The molecule has 0 radical (unpaired) electrons. The van der Waals surface area contributed by atoms with E-state index >= 15 is 0 Å². The first kappa shape index (κ1) is 11.0. The Morgan fingerprint density at radius 2 is 2.07 bits per heavy atom. The minimum Gasteiger partial charge on any atom is -0.315 e. The van der Waals surface area contributed by atoms with E-state index in [0.717, 1.165) is 18.7 Å². The smallest absolute Gasteiger partial charge is 0.250 e. The van der Waals surface area contributed by atoms with Gasteiger partial charge in [-0.25, -0.2) is 0 Å². The third-order valence-electron chi connectivity index (χ3n) is 2.27. The molecule has 0 bridgehead atoms. The van der Waals surface area contributed by atoms with Crippen molar-refractivity contribution in [2.24, 2.45) is 0 Å². The van der Waals surface area contributed by atoms with E-state index < -0.39 is 0 Å². The molecule has 1 rings (SSSR count). The molecule has 0 N–H and O–H groups in total. The Labute approximate surface area is 85.0 Å². The van der Waals surface area contributed by atoms with Gasteiger partial charge in [0.05, 0.1) is 0 Å². The standard InChI is InChI=1S/C11H18N2O/c1-5-13-8-10(7-12(3)4)9(2)6-11(13)14/h6,8H,5,7H2,1-4H3. The molecule has 1 aromatic heterocycles. The molecular formula is C11H18N2O. The Hall–Kier alpha value is -1.09. The summed E-state index contributed by atoms with van der Waals surface area (Å²) in [5.74, 6) is 0. The van der Waals surface area contributed by atoms with E-state index in [4.69, 9.17) is 0 Å². The van der Waals surface area contributed by atoms with Gasteiger partial charge in [-0.05, 0) is 39.1 Å². The van der Waals surface area contributed by atoms with Gasteiger partial charge in [-0.15, -0.1) is 0 Å². The first-order valence-corrected chi connectivity index (χ1v) is 4.89. The summed E-state index contributed by atoms with van der Waals surface area (Å²) in [4.78, 5) is 13.6. The minimum absolute atomic E-state index is 0.0903. The number of rotatable bonds is 3. The van der Waals surface area contributed by atoms with Crippen LogP contribution in [0.5, 0.6) is 0 Å². The van der Waals surface area contributed by atoms with Crippen LogP contribution in [-0.2, 0) is 13.1 Å². The van der Waals surface area contributed by atoms with Crippen LogP contribution >= 0.6 is 0 Å². The van der Waals surface area contributed by atoms with Crippen molar-refractivity contribution in [3.05, 3.63) is 33.7 Å². The normalized spacial score (nSPS) is 10.9. The third-order valence-corrected chi connectivity index (χ3v) is 2.27. The molecule has 1 aromatic rings. The zero-order valence-corrected chi connectivity index (χ0v) is 9.37. The fourth-order valence-corrected chi connectivity index (χ4v) is 1.47. The van der Waals surface area contributed by atoms with Gasteiger partial charge in [0.25, 0.3) is 5.56 Å². The fourth-order valence-electron chi connectivity index (χ4n) is 1.47. The number of pyridine rings is 1. The zero-order chi connectivity index (χ0) is 10.7. The maximum absolute atomic E-state index is 11.5. The lowest BCUT2D eigenvalue weighted by Gasteiger charge is -2.13. The van der Waals surface area contributed by atoms with Crippen molar-refractivity contribution in [2.45, 2.75) is 26.9 Å². The lowest BCUT2D eigenvalue weighted by Crippen LogP contribution is -2.21. The second-order valence-electron chi connectivity index (χ2n) is 3.84. The van der Waals surface area contributed by atoms with Gasteiger partial charge in [0.15, 0.2) is 0 Å². The maximum Gasteiger partial charge on any atom is 0.250 e. The van der Waals surface area contributed by atoms with Crippen LogP contribution in [0, 0.1) is 6.92 Å². The molecule has 0 fully saturated rings. The highest BCUT2D eigenvalue weighted by molar-refractivity contribution is 5.22. The summed E-state index contributed by atoms with van der Waals surface area (Å²) in [6.45, 7) is 5.59. The SMILES string of the molecule is CCn1cc(CN(C)C)c(C)cc1=O. The Kier molecular flexibility index (Phi) is 3.47. The van der Waals surface area contributed by atoms with E-state index in [1.165, 1.54) is 5.56 Å². The lowest BCUT2D eigenvalue weighted by atomic mass is 10.1. The summed E-state index contributed by atoms with van der Waals surface area (Å²) in [5, 5.41) is 0. The summed E-state index contributed by atoms with van der Waals surface area (Å²) in [6, 6.07) is 1.71. The van der Waals surface area contributed by atoms with Crippen LogP contribution in [-0.4, -0.2) is 23.6 Å². The number of aromatic nitrogens is 1. The van der Waals surface area contributed by atoms with Gasteiger partial charge in [-0.3, -0.25) is 4.79 Å². The molecule has 0 saturated carbocycles. The summed E-state index contributed by atoms with van der Waals surface area (Å²) in [7, 11) is 4.06. The van der Waals surface area contributed by atoms with Crippen molar-refractivity contribution in [2.75, 3.05) is 14.1 Å². The zero-order valence-electron chi connectivity index (χ0n) is 9.37. The quantitative estimate of drug-likeness (QED) is 0.723. The summed E-state index contributed by atoms with van der Waals surface area (Å²) in [6.07, 6.45) is 1.96. The largest absolute Gasteiger partial charge is 0.315 e. The van der Waals surface area contributed by atoms with Crippen LogP contribution in [0.2, 0.25) is 0 Å². The molecule has 14 heavy (non-hydrogen) atoms. The highest BCUT2D eigenvalue weighted by Gasteiger charge is 2.03. The van der Waals surface area contributed by atoms with Crippen LogP contribution in [0.3, 0.4) is 0 Å². The maximum atomic E-state index is 11.5. The molecule has 0 spiro atoms. The van der Waals surface area contributed by atoms with Crippen LogP contribution < -0.4 is 5.56 Å². The van der Waals surface area contributed by atoms with Crippen LogP contribution in [0.25, 0.3) is 0 Å². The molecule has 0 unspecified atom stereocenters. The van der Waals surface area contributed by atoms with Gasteiger partial charge >= 0.3 is 0 Å². The van der Waals surface area contributed by atoms with Crippen molar-refractivity contribution in [3.63, 3.8) is 0 Å². The van der Waals surface area contributed by atoms with Crippen LogP contribution in [0.4, 0.5) is 0 Å². The first-order valence-electron chi connectivity index (χ1n) is 4.89. The average molecular weight is 194 g/mol. The molecule has 0 atom stereocenters. The van der Waals surface area contributed by atoms with Crippen molar-refractivity contribution < 1.29 is 0 Å². The molecular weight excluding hydrogens is 176 g/mol. The van der Waals surface area contributed by atoms with Gasteiger partial charge < -0.3 is 9.47 Å². The molecule has 3 heteroatoms. The molecule has 1 heterocycles. The average Bonchev–Trinajstić information content (AvgIpc) is 2.09. The van der Waals surface area contributed by atoms with Gasteiger partial charge in [-0.1, -0.05) is 0 Å². The Balaban J connectivity index is 3.11. The predicted octanol–water partition coefficient (Wildman–Crippen LogP) is 1.24. The predicted molar refractivity (Wildman–Crippen MR) is 58.5 cm³/mol. The van der Waals surface area contributed by atoms with E-state index in [2.05, 4.69) is 4.90 Å². The van der Waals surface area contributed by atoms with Crippen LogP contribution in [0.15, 0.2) is 17.1 Å². The second-order valence-corrected chi connectivity index (χ2v) is 3.84. The molecule has 0 aliphatic heterocycles. The van der Waals surface area contributed by atoms with E-state index in [9.17, 15) is 4.79 Å². The van der Waals surface area contributed by atoms with Crippen molar-refractivity contribution >= 4 is 0 Å². The Morgan fingerprint density at radius 1 is 1.43 bits per heavy atom. The lowest BCUT2D eigenvalue weighted by molar-refractivity contribution is 0.399. The monoisotopic (exact) mass is 194 g/mol. The first-order chi connectivity index (χ1) is 6.54. The van der Waals surface area contributed by atoms with Crippen molar-refractivity contribution in [1.82, 2.24) is 9.47 Å². The third kappa shape index (κ3) is 2.45.